The molecule has 1 aliphatic rings. The molecule has 0 spiro atoms. The van der Waals surface area contributed by atoms with Gasteiger partial charge in [-0.25, -0.2) is 0 Å². The molecule has 1 saturated carbocycles. The number of hydrogen-bond acceptors (Lipinski definition) is 1. The zero-order chi connectivity index (χ0) is 11.1. The minimum Gasteiger partial charge on any atom is -0.385 e. The summed E-state index contributed by atoms with van der Waals surface area (Å²) in [5.41, 5.74) is 1.77. The summed E-state index contributed by atoms with van der Waals surface area (Å²) >= 11 is 0. The second-order valence-electron chi connectivity index (χ2n) is 5.20. The van der Waals surface area contributed by atoms with E-state index < -0.39 is 5.60 Å². The van der Waals surface area contributed by atoms with Crippen molar-refractivity contribution in [3.05, 3.63) is 35.4 Å². The van der Waals surface area contributed by atoms with Gasteiger partial charge >= 0.3 is 0 Å². The van der Waals surface area contributed by atoms with Gasteiger partial charge in [-0.1, -0.05) is 38.1 Å². The third kappa shape index (κ3) is 2.07. The summed E-state index contributed by atoms with van der Waals surface area (Å²) < 4.78 is 0. The van der Waals surface area contributed by atoms with Crippen LogP contribution in [0.5, 0.6) is 0 Å². The van der Waals surface area contributed by atoms with Crippen LogP contribution >= 0.6 is 0 Å². The van der Waals surface area contributed by atoms with Gasteiger partial charge in [0.05, 0.1) is 5.60 Å². The van der Waals surface area contributed by atoms with Crippen molar-refractivity contribution in [1.82, 2.24) is 0 Å². The van der Waals surface area contributed by atoms with Crippen molar-refractivity contribution in [2.24, 2.45) is 5.92 Å². The van der Waals surface area contributed by atoms with Gasteiger partial charge in [0, 0.05) is 0 Å². The Hall–Kier alpha value is -0.820. The van der Waals surface area contributed by atoms with Gasteiger partial charge < -0.3 is 5.11 Å². The minimum absolute atomic E-state index is 0.472. The lowest BCUT2D eigenvalue weighted by atomic mass is 9.88. The minimum atomic E-state index is -0.620. The van der Waals surface area contributed by atoms with Crippen LogP contribution in [0.4, 0.5) is 0 Å². The zero-order valence-corrected chi connectivity index (χ0v) is 9.83. The fraction of sp³-hybridized carbons (Fsp3) is 0.571. The fourth-order valence-electron chi connectivity index (χ4n) is 2.09. The Kier molecular flexibility index (Phi) is 2.59. The molecule has 0 heterocycles. The Labute approximate surface area is 92.1 Å². The molecule has 0 radical (unpaired) electrons. The molecule has 15 heavy (non-hydrogen) atoms. The molecule has 1 heteroatoms. The predicted molar refractivity (Wildman–Crippen MR) is 62.8 cm³/mol. The first-order valence-electron chi connectivity index (χ1n) is 5.84. The van der Waals surface area contributed by atoms with Gasteiger partial charge in [-0.2, -0.15) is 0 Å². The standard InChI is InChI=1S/C14H20O/c1-10(2)11-5-4-6-13(9-11)14(3,15)12-7-8-12/h4-6,9-10,12,15H,7-8H2,1-3H3/t14-/m1/s1. The van der Waals surface area contributed by atoms with E-state index in [2.05, 4.69) is 32.0 Å². The summed E-state index contributed by atoms with van der Waals surface area (Å²) in [7, 11) is 0. The maximum absolute atomic E-state index is 10.4. The third-order valence-electron chi connectivity index (χ3n) is 3.51. The van der Waals surface area contributed by atoms with Crippen LogP contribution in [-0.2, 0) is 5.60 Å². The van der Waals surface area contributed by atoms with Gasteiger partial charge in [0.15, 0.2) is 0 Å². The van der Waals surface area contributed by atoms with Gasteiger partial charge in [-0.3, -0.25) is 0 Å². The van der Waals surface area contributed by atoms with E-state index in [1.54, 1.807) is 0 Å². The molecule has 0 aliphatic heterocycles. The molecule has 1 aliphatic carbocycles. The van der Waals surface area contributed by atoms with Gasteiger partial charge in [-0.05, 0) is 42.7 Å². The Morgan fingerprint density at radius 1 is 1.33 bits per heavy atom. The van der Waals surface area contributed by atoms with Gasteiger partial charge in [0.2, 0.25) is 0 Å². The van der Waals surface area contributed by atoms with E-state index >= 15 is 0 Å². The second kappa shape index (κ2) is 3.64. The molecule has 1 aromatic carbocycles. The van der Waals surface area contributed by atoms with Crippen molar-refractivity contribution in [2.75, 3.05) is 0 Å². The first kappa shape index (κ1) is 10.7. The average Bonchev–Trinajstić information content (AvgIpc) is 3.01. The summed E-state index contributed by atoms with van der Waals surface area (Å²) in [6.07, 6.45) is 2.33. The summed E-state index contributed by atoms with van der Waals surface area (Å²) in [6.45, 7) is 6.32. The highest BCUT2D eigenvalue weighted by Gasteiger charge is 2.41. The largest absolute Gasteiger partial charge is 0.385 e. The molecule has 1 nitrogen and oxygen atoms in total. The molecule has 0 amide bonds. The number of hydrogen-bond donors (Lipinski definition) is 1. The van der Waals surface area contributed by atoms with Crippen LogP contribution in [0, 0.1) is 5.92 Å². The molecule has 0 saturated heterocycles. The molecule has 82 valence electrons. The van der Waals surface area contributed by atoms with E-state index in [0.717, 1.165) is 5.56 Å². The molecule has 1 aromatic rings. The highest BCUT2D eigenvalue weighted by molar-refractivity contribution is 5.30. The van der Waals surface area contributed by atoms with Crippen LogP contribution < -0.4 is 0 Å². The summed E-state index contributed by atoms with van der Waals surface area (Å²) in [5.74, 6) is 1.000. The van der Waals surface area contributed by atoms with E-state index in [4.69, 9.17) is 0 Å². The van der Waals surface area contributed by atoms with Crippen molar-refractivity contribution in [1.29, 1.82) is 0 Å². The maximum Gasteiger partial charge on any atom is 0.0896 e. The molecular formula is C14H20O. The maximum atomic E-state index is 10.4. The molecule has 0 unspecified atom stereocenters. The van der Waals surface area contributed by atoms with Crippen molar-refractivity contribution in [3.8, 4) is 0 Å². The van der Waals surface area contributed by atoms with Crippen molar-refractivity contribution < 1.29 is 5.11 Å². The van der Waals surface area contributed by atoms with Crippen LogP contribution in [0.15, 0.2) is 24.3 Å². The van der Waals surface area contributed by atoms with E-state index in [0.29, 0.717) is 11.8 Å². The normalized spacial score (nSPS) is 20.3. The summed E-state index contributed by atoms with van der Waals surface area (Å²) in [5, 5.41) is 10.4. The molecular weight excluding hydrogens is 184 g/mol. The van der Waals surface area contributed by atoms with Crippen molar-refractivity contribution >= 4 is 0 Å². The lowest BCUT2D eigenvalue weighted by Gasteiger charge is -2.24. The second-order valence-corrected chi connectivity index (χ2v) is 5.20. The topological polar surface area (TPSA) is 20.2 Å². The molecule has 0 aromatic heterocycles. The summed E-state index contributed by atoms with van der Waals surface area (Å²) in [4.78, 5) is 0. The van der Waals surface area contributed by atoms with Crippen LogP contribution in [0.1, 0.15) is 50.7 Å². The highest BCUT2D eigenvalue weighted by Crippen LogP contribution is 2.45. The van der Waals surface area contributed by atoms with Crippen LogP contribution in [0.2, 0.25) is 0 Å². The van der Waals surface area contributed by atoms with Gasteiger partial charge in [0.25, 0.3) is 0 Å². The number of benzene rings is 1. The predicted octanol–water partition coefficient (Wildman–Crippen LogP) is 3.43. The summed E-state index contributed by atoms with van der Waals surface area (Å²) in [6, 6.07) is 8.39. The Morgan fingerprint density at radius 3 is 2.53 bits per heavy atom. The molecule has 2 rings (SSSR count). The molecule has 1 fully saturated rings. The Morgan fingerprint density at radius 2 is 2.00 bits per heavy atom. The van der Waals surface area contributed by atoms with Crippen molar-refractivity contribution in [2.45, 2.75) is 45.1 Å². The third-order valence-corrected chi connectivity index (χ3v) is 3.51. The van der Waals surface area contributed by atoms with Crippen molar-refractivity contribution in [3.63, 3.8) is 0 Å². The highest BCUT2D eigenvalue weighted by atomic mass is 16.3. The average molecular weight is 204 g/mol. The molecule has 1 N–H and O–H groups in total. The smallest absolute Gasteiger partial charge is 0.0896 e. The van der Waals surface area contributed by atoms with E-state index in [1.165, 1.54) is 18.4 Å². The Balaban J connectivity index is 2.31. The molecule has 0 bridgehead atoms. The lowest BCUT2D eigenvalue weighted by Crippen LogP contribution is -2.23. The first-order valence-corrected chi connectivity index (χ1v) is 5.84. The zero-order valence-electron chi connectivity index (χ0n) is 9.83. The fourth-order valence-corrected chi connectivity index (χ4v) is 2.09. The SMILES string of the molecule is CC(C)c1cccc([C@](C)(O)C2CC2)c1. The van der Waals surface area contributed by atoms with E-state index in [1.807, 2.05) is 13.0 Å². The number of rotatable bonds is 3. The Bertz CT molecular complexity index is 348. The monoisotopic (exact) mass is 204 g/mol. The molecule has 1 atom stereocenters. The van der Waals surface area contributed by atoms with E-state index in [-0.39, 0.29) is 0 Å². The van der Waals surface area contributed by atoms with Crippen LogP contribution in [0.25, 0.3) is 0 Å². The number of aliphatic hydroxyl groups is 1. The van der Waals surface area contributed by atoms with E-state index in [9.17, 15) is 5.11 Å². The van der Waals surface area contributed by atoms with Crippen LogP contribution in [-0.4, -0.2) is 5.11 Å². The van der Waals surface area contributed by atoms with Crippen LogP contribution in [0.3, 0.4) is 0 Å². The van der Waals surface area contributed by atoms with Gasteiger partial charge in [0.1, 0.15) is 0 Å². The quantitative estimate of drug-likeness (QED) is 0.799. The lowest BCUT2D eigenvalue weighted by molar-refractivity contribution is 0.0330. The first-order chi connectivity index (χ1) is 7.01. The van der Waals surface area contributed by atoms with Gasteiger partial charge in [-0.15, -0.1) is 0 Å².